The van der Waals surface area contributed by atoms with Crippen molar-refractivity contribution in [1.82, 2.24) is 4.98 Å². The molecule has 0 radical (unpaired) electrons. The van der Waals surface area contributed by atoms with Gasteiger partial charge in [0, 0.05) is 6.54 Å². The molecule has 4 nitrogen and oxygen atoms in total. The zero-order chi connectivity index (χ0) is 18.5. The van der Waals surface area contributed by atoms with Gasteiger partial charge in [-0.1, -0.05) is 30.3 Å². The second-order valence-corrected chi connectivity index (χ2v) is 5.45. The van der Waals surface area contributed by atoms with Gasteiger partial charge in [-0.3, -0.25) is 4.79 Å². The molecule has 26 heavy (non-hydrogen) atoms. The number of rotatable bonds is 5. The van der Waals surface area contributed by atoms with Crippen LogP contribution >= 0.6 is 0 Å². The SMILES string of the molecule is O=C(Nc1ccc(NCc2ccccc2)nc1)c1ccc(F)c(F)c1F. The topological polar surface area (TPSA) is 54.0 Å². The Labute approximate surface area is 147 Å². The summed E-state index contributed by atoms with van der Waals surface area (Å²) in [4.78, 5) is 16.2. The molecule has 132 valence electrons. The van der Waals surface area contributed by atoms with Crippen LogP contribution in [0, 0.1) is 17.5 Å². The fourth-order valence-electron chi connectivity index (χ4n) is 2.26. The number of halogens is 3. The summed E-state index contributed by atoms with van der Waals surface area (Å²) in [7, 11) is 0. The lowest BCUT2D eigenvalue weighted by atomic mass is 10.2. The summed E-state index contributed by atoms with van der Waals surface area (Å²) in [6, 6.07) is 14.5. The maximum atomic E-state index is 13.6. The average Bonchev–Trinajstić information content (AvgIpc) is 2.66. The molecule has 0 bridgehead atoms. The van der Waals surface area contributed by atoms with Crippen LogP contribution in [-0.2, 0) is 6.54 Å². The van der Waals surface area contributed by atoms with Gasteiger partial charge in [-0.05, 0) is 29.8 Å². The van der Waals surface area contributed by atoms with Crippen LogP contribution in [0.25, 0.3) is 0 Å². The van der Waals surface area contributed by atoms with Crippen LogP contribution in [-0.4, -0.2) is 10.9 Å². The van der Waals surface area contributed by atoms with Gasteiger partial charge in [0.05, 0.1) is 17.4 Å². The van der Waals surface area contributed by atoms with Crippen LogP contribution in [0.5, 0.6) is 0 Å². The Morgan fingerprint density at radius 3 is 2.38 bits per heavy atom. The van der Waals surface area contributed by atoms with Crippen molar-refractivity contribution >= 4 is 17.4 Å². The van der Waals surface area contributed by atoms with E-state index < -0.39 is 28.9 Å². The van der Waals surface area contributed by atoms with Crippen molar-refractivity contribution in [2.45, 2.75) is 6.54 Å². The summed E-state index contributed by atoms with van der Waals surface area (Å²) in [6.07, 6.45) is 1.38. The zero-order valence-electron chi connectivity index (χ0n) is 13.5. The van der Waals surface area contributed by atoms with Gasteiger partial charge in [0.2, 0.25) is 0 Å². The second kappa shape index (κ2) is 7.69. The predicted octanol–water partition coefficient (Wildman–Crippen LogP) is 4.36. The summed E-state index contributed by atoms with van der Waals surface area (Å²) in [5, 5.41) is 5.51. The van der Waals surface area contributed by atoms with E-state index in [9.17, 15) is 18.0 Å². The minimum absolute atomic E-state index is 0.296. The van der Waals surface area contributed by atoms with E-state index in [1.807, 2.05) is 30.3 Å². The lowest BCUT2D eigenvalue weighted by Crippen LogP contribution is -2.15. The van der Waals surface area contributed by atoms with Gasteiger partial charge < -0.3 is 10.6 Å². The molecule has 0 saturated heterocycles. The van der Waals surface area contributed by atoms with E-state index >= 15 is 0 Å². The number of aromatic nitrogens is 1. The van der Waals surface area contributed by atoms with Crippen LogP contribution < -0.4 is 10.6 Å². The van der Waals surface area contributed by atoms with Crippen molar-refractivity contribution < 1.29 is 18.0 Å². The number of carbonyl (C=O) groups excluding carboxylic acids is 1. The molecule has 0 fully saturated rings. The standard InChI is InChI=1S/C19H14F3N3O/c20-15-8-7-14(17(21)18(15)22)19(26)25-13-6-9-16(24-11-13)23-10-12-4-2-1-3-5-12/h1-9,11H,10H2,(H,23,24)(H,25,26). The molecular formula is C19H14F3N3O. The van der Waals surface area contributed by atoms with Gasteiger partial charge in [0.15, 0.2) is 17.5 Å². The minimum atomic E-state index is -1.68. The highest BCUT2D eigenvalue weighted by atomic mass is 19.2. The van der Waals surface area contributed by atoms with Crippen molar-refractivity contribution in [1.29, 1.82) is 0 Å². The second-order valence-electron chi connectivity index (χ2n) is 5.45. The maximum Gasteiger partial charge on any atom is 0.258 e. The van der Waals surface area contributed by atoms with E-state index in [0.717, 1.165) is 11.6 Å². The molecule has 0 aliphatic heterocycles. The molecule has 2 aromatic carbocycles. The highest BCUT2D eigenvalue weighted by molar-refractivity contribution is 6.04. The van der Waals surface area contributed by atoms with Gasteiger partial charge in [-0.15, -0.1) is 0 Å². The third-order valence-electron chi connectivity index (χ3n) is 3.62. The first kappa shape index (κ1) is 17.5. The molecule has 0 aliphatic carbocycles. The number of carbonyl (C=O) groups is 1. The molecule has 0 saturated carbocycles. The Balaban J connectivity index is 1.64. The highest BCUT2D eigenvalue weighted by Crippen LogP contribution is 2.17. The van der Waals surface area contributed by atoms with Crippen molar-refractivity contribution in [2.24, 2.45) is 0 Å². The fraction of sp³-hybridized carbons (Fsp3) is 0.0526. The molecule has 0 aliphatic rings. The van der Waals surface area contributed by atoms with Gasteiger partial charge >= 0.3 is 0 Å². The molecule has 1 aromatic heterocycles. The summed E-state index contributed by atoms with van der Waals surface area (Å²) in [6.45, 7) is 0.583. The summed E-state index contributed by atoms with van der Waals surface area (Å²) in [5.41, 5.74) is 0.792. The first-order valence-electron chi connectivity index (χ1n) is 7.73. The number of anilines is 2. The molecule has 0 atom stereocenters. The number of benzene rings is 2. The van der Waals surface area contributed by atoms with E-state index in [1.165, 1.54) is 6.20 Å². The monoisotopic (exact) mass is 357 g/mol. The van der Waals surface area contributed by atoms with E-state index in [1.54, 1.807) is 12.1 Å². The number of nitrogens with one attached hydrogen (secondary N) is 2. The minimum Gasteiger partial charge on any atom is -0.366 e. The first-order valence-corrected chi connectivity index (χ1v) is 7.73. The molecule has 1 heterocycles. The molecule has 3 aromatic rings. The predicted molar refractivity (Wildman–Crippen MR) is 92.3 cm³/mol. The maximum absolute atomic E-state index is 13.6. The Kier molecular flexibility index (Phi) is 5.17. The van der Waals surface area contributed by atoms with Gasteiger partial charge in [0.25, 0.3) is 5.91 Å². The Morgan fingerprint density at radius 2 is 1.69 bits per heavy atom. The van der Waals surface area contributed by atoms with Crippen LogP contribution in [0.1, 0.15) is 15.9 Å². The van der Waals surface area contributed by atoms with Gasteiger partial charge in [-0.25, -0.2) is 18.2 Å². The summed E-state index contributed by atoms with van der Waals surface area (Å²) in [5.74, 6) is -4.87. The van der Waals surface area contributed by atoms with Crippen LogP contribution in [0.3, 0.4) is 0 Å². The third-order valence-corrected chi connectivity index (χ3v) is 3.62. The Morgan fingerprint density at radius 1 is 0.923 bits per heavy atom. The molecule has 2 N–H and O–H groups in total. The lowest BCUT2D eigenvalue weighted by molar-refractivity contribution is 0.102. The van der Waals surface area contributed by atoms with Crippen LogP contribution in [0.2, 0.25) is 0 Å². The van der Waals surface area contributed by atoms with Crippen molar-refractivity contribution in [3.8, 4) is 0 Å². The molecule has 0 unspecified atom stereocenters. The highest BCUT2D eigenvalue weighted by Gasteiger charge is 2.18. The van der Waals surface area contributed by atoms with Crippen molar-refractivity contribution in [3.63, 3.8) is 0 Å². The first-order chi connectivity index (χ1) is 12.5. The Hall–Kier alpha value is -3.35. The normalized spacial score (nSPS) is 10.4. The van der Waals surface area contributed by atoms with E-state index in [0.29, 0.717) is 24.1 Å². The number of hydrogen-bond donors (Lipinski definition) is 2. The number of amides is 1. The number of hydrogen-bond acceptors (Lipinski definition) is 3. The van der Waals surface area contributed by atoms with E-state index in [2.05, 4.69) is 15.6 Å². The van der Waals surface area contributed by atoms with Crippen molar-refractivity contribution in [3.05, 3.63) is 89.4 Å². The smallest absolute Gasteiger partial charge is 0.258 e. The van der Waals surface area contributed by atoms with E-state index in [4.69, 9.17) is 0 Å². The quantitative estimate of drug-likeness (QED) is 0.667. The largest absolute Gasteiger partial charge is 0.366 e. The zero-order valence-corrected chi connectivity index (χ0v) is 13.5. The van der Waals surface area contributed by atoms with Crippen molar-refractivity contribution in [2.75, 3.05) is 10.6 Å². The van der Waals surface area contributed by atoms with Gasteiger partial charge in [0.1, 0.15) is 5.82 Å². The summed E-state index contributed by atoms with van der Waals surface area (Å²) >= 11 is 0. The third kappa shape index (κ3) is 4.00. The summed E-state index contributed by atoms with van der Waals surface area (Å²) < 4.78 is 39.8. The molecular weight excluding hydrogens is 343 g/mol. The lowest BCUT2D eigenvalue weighted by Gasteiger charge is -2.09. The van der Waals surface area contributed by atoms with Crippen LogP contribution in [0.4, 0.5) is 24.7 Å². The fourth-order valence-corrected chi connectivity index (χ4v) is 2.26. The van der Waals surface area contributed by atoms with Gasteiger partial charge in [-0.2, -0.15) is 0 Å². The molecule has 0 spiro atoms. The number of pyridine rings is 1. The number of nitrogens with zero attached hydrogens (tertiary/aromatic N) is 1. The Bertz CT molecular complexity index is 915. The molecule has 3 rings (SSSR count). The van der Waals surface area contributed by atoms with Crippen LogP contribution in [0.15, 0.2) is 60.8 Å². The average molecular weight is 357 g/mol. The van der Waals surface area contributed by atoms with E-state index in [-0.39, 0.29) is 0 Å². The molecule has 7 heteroatoms. The molecule has 1 amide bonds.